The second-order valence-corrected chi connectivity index (χ2v) is 5.72. The van der Waals surface area contributed by atoms with Gasteiger partial charge in [-0.15, -0.1) is 0 Å². The molecule has 0 saturated carbocycles. The van der Waals surface area contributed by atoms with Gasteiger partial charge in [0.05, 0.1) is 0 Å². The van der Waals surface area contributed by atoms with E-state index in [2.05, 4.69) is 4.72 Å². The van der Waals surface area contributed by atoms with Crippen LogP contribution in [0.4, 0.5) is 0 Å². The fraction of sp³-hybridized carbons (Fsp3) is 1.00. The minimum absolute atomic E-state index is 0.348. The molecule has 6 heteroatoms. The third-order valence-electron chi connectivity index (χ3n) is 3.20. The SMILES string of the molecule is CCCN(C(CC)(CC)CN)S(=O)(=O)NC. The normalized spacial score (nSPS) is 13.4. The summed E-state index contributed by atoms with van der Waals surface area (Å²) >= 11 is 0. The lowest BCUT2D eigenvalue weighted by Crippen LogP contribution is -2.58. The highest BCUT2D eigenvalue weighted by Crippen LogP contribution is 2.25. The molecule has 0 radical (unpaired) electrons. The van der Waals surface area contributed by atoms with Crippen LogP contribution < -0.4 is 10.5 Å². The van der Waals surface area contributed by atoms with Crippen LogP contribution in [-0.4, -0.2) is 38.4 Å². The van der Waals surface area contributed by atoms with Crippen molar-refractivity contribution < 1.29 is 8.42 Å². The molecule has 0 spiro atoms. The largest absolute Gasteiger partial charge is 0.329 e. The first kappa shape index (κ1) is 15.8. The van der Waals surface area contributed by atoms with Crippen molar-refractivity contribution in [2.24, 2.45) is 5.73 Å². The van der Waals surface area contributed by atoms with Crippen LogP contribution in [0.3, 0.4) is 0 Å². The van der Waals surface area contributed by atoms with E-state index in [1.54, 1.807) is 0 Å². The predicted octanol–water partition coefficient (Wildman–Crippen LogP) is 0.680. The van der Waals surface area contributed by atoms with Gasteiger partial charge in [0.15, 0.2) is 0 Å². The molecule has 0 aromatic heterocycles. The van der Waals surface area contributed by atoms with Gasteiger partial charge in [-0.2, -0.15) is 12.7 Å². The molecule has 0 aliphatic rings. The molecular formula is C10H25N3O2S. The molecule has 0 fully saturated rings. The molecule has 16 heavy (non-hydrogen) atoms. The Labute approximate surface area is 99.6 Å². The lowest BCUT2D eigenvalue weighted by atomic mass is 9.93. The number of nitrogens with zero attached hydrogens (tertiary/aromatic N) is 1. The van der Waals surface area contributed by atoms with Crippen LogP contribution in [0.2, 0.25) is 0 Å². The zero-order valence-electron chi connectivity index (χ0n) is 10.8. The minimum Gasteiger partial charge on any atom is -0.329 e. The molecule has 3 N–H and O–H groups in total. The van der Waals surface area contributed by atoms with Gasteiger partial charge in [-0.25, -0.2) is 4.72 Å². The Balaban J connectivity index is 5.31. The Kier molecular flexibility index (Phi) is 6.47. The average molecular weight is 251 g/mol. The first-order valence-corrected chi connectivity index (χ1v) is 7.29. The summed E-state index contributed by atoms with van der Waals surface area (Å²) in [5.74, 6) is 0. The lowest BCUT2D eigenvalue weighted by Gasteiger charge is -2.40. The van der Waals surface area contributed by atoms with E-state index < -0.39 is 15.7 Å². The third-order valence-corrected chi connectivity index (χ3v) is 4.87. The molecule has 0 saturated heterocycles. The quantitative estimate of drug-likeness (QED) is 0.666. The number of hydrogen-bond acceptors (Lipinski definition) is 3. The first-order chi connectivity index (χ1) is 7.44. The fourth-order valence-corrected chi connectivity index (χ4v) is 3.40. The summed E-state index contributed by atoms with van der Waals surface area (Å²) in [4.78, 5) is 0. The van der Waals surface area contributed by atoms with Gasteiger partial charge in [0.1, 0.15) is 0 Å². The molecule has 0 atom stereocenters. The highest BCUT2D eigenvalue weighted by Gasteiger charge is 2.38. The van der Waals surface area contributed by atoms with Crippen molar-refractivity contribution in [1.29, 1.82) is 0 Å². The summed E-state index contributed by atoms with van der Waals surface area (Å²) in [6, 6.07) is 0. The van der Waals surface area contributed by atoms with E-state index >= 15 is 0 Å². The van der Waals surface area contributed by atoms with Crippen LogP contribution in [0.25, 0.3) is 0 Å². The second kappa shape index (κ2) is 6.54. The predicted molar refractivity (Wildman–Crippen MR) is 67.3 cm³/mol. The summed E-state index contributed by atoms with van der Waals surface area (Å²) in [6.07, 6.45) is 2.23. The second-order valence-electron chi connectivity index (χ2n) is 3.92. The van der Waals surface area contributed by atoms with Gasteiger partial charge in [-0.05, 0) is 19.3 Å². The van der Waals surface area contributed by atoms with Gasteiger partial charge in [-0.1, -0.05) is 20.8 Å². The van der Waals surface area contributed by atoms with Gasteiger partial charge in [0, 0.05) is 25.7 Å². The average Bonchev–Trinajstić information content (AvgIpc) is 2.30. The van der Waals surface area contributed by atoms with E-state index in [9.17, 15) is 8.42 Å². The van der Waals surface area contributed by atoms with E-state index in [1.165, 1.54) is 11.4 Å². The van der Waals surface area contributed by atoms with Crippen molar-refractivity contribution in [2.75, 3.05) is 20.1 Å². The van der Waals surface area contributed by atoms with Crippen molar-refractivity contribution >= 4 is 10.2 Å². The molecule has 0 amide bonds. The summed E-state index contributed by atoms with van der Waals surface area (Å²) in [7, 11) is -1.98. The molecule has 0 aliphatic carbocycles. The molecule has 0 aromatic rings. The van der Waals surface area contributed by atoms with Crippen LogP contribution >= 0.6 is 0 Å². The molecule has 0 unspecified atom stereocenters. The van der Waals surface area contributed by atoms with E-state index in [1.807, 2.05) is 20.8 Å². The summed E-state index contributed by atoms with van der Waals surface area (Å²) < 4.78 is 27.8. The molecule has 98 valence electrons. The maximum atomic E-state index is 12.0. The van der Waals surface area contributed by atoms with Crippen LogP contribution in [0.5, 0.6) is 0 Å². The number of nitrogens with one attached hydrogen (secondary N) is 1. The van der Waals surface area contributed by atoms with Crippen molar-refractivity contribution in [2.45, 2.75) is 45.6 Å². The highest BCUT2D eigenvalue weighted by atomic mass is 32.2. The van der Waals surface area contributed by atoms with Gasteiger partial charge in [0.2, 0.25) is 0 Å². The van der Waals surface area contributed by atoms with Gasteiger partial charge < -0.3 is 5.73 Å². The maximum Gasteiger partial charge on any atom is 0.279 e. The van der Waals surface area contributed by atoms with Crippen molar-refractivity contribution in [3.8, 4) is 0 Å². The van der Waals surface area contributed by atoms with Crippen LogP contribution in [0.15, 0.2) is 0 Å². The van der Waals surface area contributed by atoms with Gasteiger partial charge in [-0.3, -0.25) is 0 Å². The lowest BCUT2D eigenvalue weighted by molar-refractivity contribution is 0.176. The molecule has 0 aliphatic heterocycles. The fourth-order valence-electron chi connectivity index (χ4n) is 1.92. The van der Waals surface area contributed by atoms with E-state index in [4.69, 9.17) is 5.73 Å². The van der Waals surface area contributed by atoms with Crippen LogP contribution in [-0.2, 0) is 10.2 Å². The Hall–Kier alpha value is -0.170. The van der Waals surface area contributed by atoms with Crippen molar-refractivity contribution in [3.63, 3.8) is 0 Å². The standard InChI is InChI=1S/C10H25N3O2S/c1-5-8-13(16(14,15)12-4)10(6-2,7-3)9-11/h12H,5-9,11H2,1-4H3. The summed E-state index contributed by atoms with van der Waals surface area (Å²) in [6.45, 7) is 6.77. The Morgan fingerprint density at radius 3 is 2.00 bits per heavy atom. The number of hydrogen-bond donors (Lipinski definition) is 2. The Morgan fingerprint density at radius 2 is 1.75 bits per heavy atom. The first-order valence-electron chi connectivity index (χ1n) is 5.85. The van der Waals surface area contributed by atoms with Gasteiger partial charge in [0.25, 0.3) is 10.2 Å². The summed E-state index contributed by atoms with van der Waals surface area (Å²) in [5.41, 5.74) is 5.32. The zero-order valence-corrected chi connectivity index (χ0v) is 11.6. The van der Waals surface area contributed by atoms with Crippen molar-refractivity contribution in [1.82, 2.24) is 9.03 Å². The Bertz CT molecular complexity index is 278. The molecule has 0 rings (SSSR count). The molecule has 5 nitrogen and oxygen atoms in total. The van der Waals surface area contributed by atoms with E-state index in [0.717, 1.165) is 19.3 Å². The molecule has 0 bridgehead atoms. The molecule has 0 heterocycles. The smallest absolute Gasteiger partial charge is 0.279 e. The highest BCUT2D eigenvalue weighted by molar-refractivity contribution is 7.87. The molecule has 0 aromatic carbocycles. The Morgan fingerprint density at radius 1 is 1.25 bits per heavy atom. The van der Waals surface area contributed by atoms with E-state index in [-0.39, 0.29) is 0 Å². The van der Waals surface area contributed by atoms with Crippen LogP contribution in [0, 0.1) is 0 Å². The molecular weight excluding hydrogens is 226 g/mol. The number of nitrogens with two attached hydrogens (primary N) is 1. The number of rotatable bonds is 8. The minimum atomic E-state index is -3.41. The monoisotopic (exact) mass is 251 g/mol. The zero-order chi connectivity index (χ0) is 12.8. The van der Waals surface area contributed by atoms with Gasteiger partial charge >= 0.3 is 0 Å². The summed E-state index contributed by atoms with van der Waals surface area (Å²) in [5, 5.41) is 0. The van der Waals surface area contributed by atoms with Crippen molar-refractivity contribution in [3.05, 3.63) is 0 Å². The third kappa shape index (κ3) is 3.16. The maximum absolute atomic E-state index is 12.0. The van der Waals surface area contributed by atoms with E-state index in [0.29, 0.717) is 13.1 Å². The topological polar surface area (TPSA) is 75.4 Å². The van der Waals surface area contributed by atoms with Crippen LogP contribution in [0.1, 0.15) is 40.0 Å².